The molecule has 2 aliphatic rings. The van der Waals surface area contributed by atoms with Gasteiger partial charge < -0.3 is 10.6 Å². The number of piperazine rings is 2. The van der Waals surface area contributed by atoms with Crippen LogP contribution in [0.3, 0.4) is 0 Å². The Hall–Kier alpha value is -1.56. The van der Waals surface area contributed by atoms with Gasteiger partial charge in [-0.15, -0.1) is 0 Å². The molecule has 0 atom stereocenters. The quantitative estimate of drug-likeness (QED) is 0.719. The molecule has 0 bridgehead atoms. The minimum absolute atomic E-state index is 0.157. The Morgan fingerprint density at radius 3 is 1.32 bits per heavy atom. The van der Waals surface area contributed by atoms with Crippen molar-refractivity contribution in [1.82, 2.24) is 19.2 Å². The number of hydrogen-bond donors (Lipinski definition) is 2. The lowest BCUT2D eigenvalue weighted by Gasteiger charge is -2.28. The van der Waals surface area contributed by atoms with Gasteiger partial charge in [0.1, 0.15) is 0 Å². The van der Waals surface area contributed by atoms with Crippen molar-refractivity contribution < 1.29 is 16.8 Å². The lowest BCUT2D eigenvalue weighted by Crippen LogP contribution is -2.46. The second-order valence-electron chi connectivity index (χ2n) is 6.92. The van der Waals surface area contributed by atoms with Gasteiger partial charge in [-0.25, -0.2) is 16.8 Å². The molecule has 2 aromatic carbocycles. The van der Waals surface area contributed by atoms with Crippen LogP contribution >= 0.6 is 0 Å². The predicted octanol–water partition coefficient (Wildman–Crippen LogP) is 0.0276. The Labute approximate surface area is 165 Å². The summed E-state index contributed by atoms with van der Waals surface area (Å²) in [6.45, 7) is 4.02. The number of nitrogens with one attached hydrogen (secondary N) is 2. The summed E-state index contributed by atoms with van der Waals surface area (Å²) in [5, 5.41) is 7.17. The maximum absolute atomic E-state index is 13.2. The highest BCUT2D eigenvalue weighted by Crippen LogP contribution is 2.31. The Balaban J connectivity index is 1.83. The van der Waals surface area contributed by atoms with Crippen LogP contribution in [0.15, 0.2) is 46.2 Å². The summed E-state index contributed by atoms with van der Waals surface area (Å²) in [5.74, 6) is 0. The zero-order valence-electron chi connectivity index (χ0n) is 15.5. The average molecular weight is 425 g/mol. The molecule has 2 aromatic rings. The third-order valence-electron chi connectivity index (χ3n) is 5.23. The van der Waals surface area contributed by atoms with E-state index in [4.69, 9.17) is 0 Å². The number of benzene rings is 2. The summed E-state index contributed by atoms with van der Waals surface area (Å²) in [4.78, 5) is 0.313. The van der Waals surface area contributed by atoms with Crippen molar-refractivity contribution >= 4 is 30.8 Å². The maximum Gasteiger partial charge on any atom is 0.243 e. The second-order valence-corrected chi connectivity index (χ2v) is 10.7. The van der Waals surface area contributed by atoms with Crippen LogP contribution < -0.4 is 10.6 Å². The number of sulfonamides is 2. The molecule has 0 unspecified atom stereocenters. The Morgan fingerprint density at radius 1 is 0.607 bits per heavy atom. The molecule has 4 rings (SSSR count). The van der Waals surface area contributed by atoms with E-state index in [1.54, 1.807) is 36.4 Å². The van der Waals surface area contributed by atoms with Crippen molar-refractivity contribution in [2.45, 2.75) is 9.79 Å². The van der Waals surface area contributed by atoms with Crippen molar-refractivity contribution in [3.05, 3.63) is 36.4 Å². The molecule has 152 valence electrons. The summed E-state index contributed by atoms with van der Waals surface area (Å²) in [6.07, 6.45) is 0. The first kappa shape index (κ1) is 19.7. The van der Waals surface area contributed by atoms with E-state index in [0.29, 0.717) is 63.1 Å². The van der Waals surface area contributed by atoms with Crippen molar-refractivity contribution in [3.8, 4) is 0 Å². The third kappa shape index (κ3) is 3.44. The monoisotopic (exact) mass is 424 g/mol. The highest BCUT2D eigenvalue weighted by molar-refractivity contribution is 7.89. The van der Waals surface area contributed by atoms with Crippen LogP contribution in [-0.2, 0) is 20.0 Å². The molecule has 0 saturated carbocycles. The third-order valence-corrected chi connectivity index (χ3v) is 9.14. The van der Waals surface area contributed by atoms with Crippen molar-refractivity contribution in [2.75, 3.05) is 52.4 Å². The smallest absolute Gasteiger partial charge is 0.243 e. The normalized spacial score (nSPS) is 20.4. The maximum atomic E-state index is 13.2. The molecule has 0 aromatic heterocycles. The van der Waals surface area contributed by atoms with Crippen LogP contribution in [0, 0.1) is 0 Å². The van der Waals surface area contributed by atoms with Crippen LogP contribution in [0.25, 0.3) is 10.8 Å². The lowest BCUT2D eigenvalue weighted by molar-refractivity contribution is 0.360. The zero-order valence-corrected chi connectivity index (χ0v) is 17.1. The van der Waals surface area contributed by atoms with E-state index in [-0.39, 0.29) is 9.79 Å². The van der Waals surface area contributed by atoms with E-state index in [1.807, 2.05) is 0 Å². The van der Waals surface area contributed by atoms with E-state index < -0.39 is 20.0 Å². The lowest BCUT2D eigenvalue weighted by atomic mass is 10.1. The van der Waals surface area contributed by atoms with Gasteiger partial charge in [0.05, 0.1) is 9.79 Å². The number of rotatable bonds is 4. The summed E-state index contributed by atoms with van der Waals surface area (Å²) in [5.41, 5.74) is 0. The van der Waals surface area contributed by atoms with Crippen LogP contribution in [-0.4, -0.2) is 77.8 Å². The zero-order chi connectivity index (χ0) is 19.8. The highest BCUT2D eigenvalue weighted by atomic mass is 32.2. The molecule has 0 spiro atoms. The van der Waals surface area contributed by atoms with Gasteiger partial charge in [-0.05, 0) is 12.1 Å². The fourth-order valence-electron chi connectivity index (χ4n) is 3.75. The number of fused-ring (bicyclic) bond motifs is 1. The average Bonchev–Trinajstić information content (AvgIpc) is 2.74. The molecular formula is C18H24N4O4S2. The fraction of sp³-hybridized carbons (Fsp3) is 0.444. The topological polar surface area (TPSA) is 98.8 Å². The summed E-state index contributed by atoms with van der Waals surface area (Å²) < 4.78 is 55.7. The minimum atomic E-state index is -3.70. The van der Waals surface area contributed by atoms with Crippen molar-refractivity contribution in [3.63, 3.8) is 0 Å². The van der Waals surface area contributed by atoms with Crippen LogP contribution in [0.4, 0.5) is 0 Å². The summed E-state index contributed by atoms with van der Waals surface area (Å²) in [7, 11) is -7.40. The summed E-state index contributed by atoms with van der Waals surface area (Å²) >= 11 is 0. The Bertz CT molecular complexity index is 987. The molecule has 2 heterocycles. The van der Waals surface area contributed by atoms with Crippen LogP contribution in [0.5, 0.6) is 0 Å². The van der Waals surface area contributed by atoms with Gasteiger partial charge in [0, 0.05) is 63.1 Å². The minimum Gasteiger partial charge on any atom is -0.314 e. The van der Waals surface area contributed by atoms with Crippen molar-refractivity contribution in [2.24, 2.45) is 0 Å². The Morgan fingerprint density at radius 2 is 0.964 bits per heavy atom. The molecule has 28 heavy (non-hydrogen) atoms. The molecular weight excluding hydrogens is 400 g/mol. The first-order valence-electron chi connectivity index (χ1n) is 9.36. The standard InChI is InChI=1S/C18H24N4O4S2/c23-27(24,21-11-7-19-8-12-21)17-5-1-3-15-16(17)4-2-6-18(15)28(25,26)22-13-9-20-10-14-22/h1-6,19-20H,7-14H2. The SMILES string of the molecule is O=S(=O)(c1cccc2c(S(=O)(=O)N3CCNCC3)cccc12)N1CCNCC1. The van der Waals surface area contributed by atoms with Gasteiger partial charge in [-0.3, -0.25) is 0 Å². The van der Waals surface area contributed by atoms with Gasteiger partial charge in [-0.1, -0.05) is 24.3 Å². The van der Waals surface area contributed by atoms with Crippen LogP contribution in [0.1, 0.15) is 0 Å². The predicted molar refractivity (Wildman–Crippen MR) is 107 cm³/mol. The van der Waals surface area contributed by atoms with Gasteiger partial charge in [0.25, 0.3) is 0 Å². The van der Waals surface area contributed by atoms with Gasteiger partial charge in [0.15, 0.2) is 0 Å². The van der Waals surface area contributed by atoms with E-state index in [9.17, 15) is 16.8 Å². The summed E-state index contributed by atoms with van der Waals surface area (Å²) in [6, 6.07) is 9.71. The molecule has 2 saturated heterocycles. The molecule has 0 amide bonds. The molecule has 2 fully saturated rings. The van der Waals surface area contributed by atoms with Gasteiger partial charge in [-0.2, -0.15) is 8.61 Å². The van der Waals surface area contributed by atoms with E-state index >= 15 is 0 Å². The Kier molecular flexibility index (Phi) is 5.43. The fourth-order valence-corrected chi connectivity index (χ4v) is 7.05. The molecule has 8 nitrogen and oxygen atoms in total. The van der Waals surface area contributed by atoms with Gasteiger partial charge >= 0.3 is 0 Å². The van der Waals surface area contributed by atoms with Crippen LogP contribution in [0.2, 0.25) is 0 Å². The molecule has 0 aliphatic carbocycles. The molecule has 2 aliphatic heterocycles. The first-order chi connectivity index (χ1) is 13.4. The number of nitrogens with zero attached hydrogens (tertiary/aromatic N) is 2. The second kappa shape index (κ2) is 7.69. The highest BCUT2D eigenvalue weighted by Gasteiger charge is 2.31. The first-order valence-corrected chi connectivity index (χ1v) is 12.2. The molecule has 0 radical (unpaired) electrons. The van der Waals surface area contributed by atoms with Crippen molar-refractivity contribution in [1.29, 1.82) is 0 Å². The number of hydrogen-bond acceptors (Lipinski definition) is 6. The van der Waals surface area contributed by atoms with Gasteiger partial charge in [0.2, 0.25) is 20.0 Å². The largest absolute Gasteiger partial charge is 0.314 e. The molecule has 2 N–H and O–H groups in total. The molecule has 10 heteroatoms. The van der Waals surface area contributed by atoms with E-state index in [1.165, 1.54) is 8.61 Å². The van der Waals surface area contributed by atoms with E-state index in [0.717, 1.165) is 0 Å². The van der Waals surface area contributed by atoms with E-state index in [2.05, 4.69) is 10.6 Å².